The van der Waals surface area contributed by atoms with Crippen LogP contribution in [-0.2, 0) is 6.54 Å². The molecule has 0 aliphatic carbocycles. The average Bonchev–Trinajstić information content (AvgIpc) is 3.20. The summed E-state index contributed by atoms with van der Waals surface area (Å²) in [5, 5.41) is 8.95. The van der Waals surface area contributed by atoms with Crippen LogP contribution in [0.3, 0.4) is 0 Å². The van der Waals surface area contributed by atoms with Crippen LogP contribution in [0.5, 0.6) is 0 Å². The zero-order valence-electron chi connectivity index (χ0n) is 12.2. The van der Waals surface area contributed by atoms with Crippen LogP contribution in [0, 0.1) is 0 Å². The maximum absolute atomic E-state index is 12.6. The van der Waals surface area contributed by atoms with E-state index in [0.717, 1.165) is 10.6 Å². The van der Waals surface area contributed by atoms with E-state index in [1.54, 1.807) is 35.0 Å². The van der Waals surface area contributed by atoms with Crippen molar-refractivity contribution in [3.63, 3.8) is 0 Å². The highest BCUT2D eigenvalue weighted by molar-refractivity contribution is 7.09. The van der Waals surface area contributed by atoms with Crippen LogP contribution in [0.4, 0.5) is 0 Å². The molecular weight excluding hydrogens is 348 g/mol. The molecule has 24 heavy (non-hydrogen) atoms. The van der Waals surface area contributed by atoms with Crippen molar-refractivity contribution < 1.29 is 0 Å². The number of nitrogens with zero attached hydrogens (tertiary/aromatic N) is 2. The van der Waals surface area contributed by atoms with Crippen LogP contribution >= 0.6 is 22.9 Å². The third-order valence-electron chi connectivity index (χ3n) is 3.74. The number of halogens is 1. The van der Waals surface area contributed by atoms with Crippen LogP contribution in [-0.4, -0.2) is 19.7 Å². The van der Waals surface area contributed by atoms with Crippen LogP contribution in [0.25, 0.3) is 22.2 Å². The number of pyridine rings is 1. The normalized spacial score (nSPS) is 11.2. The molecule has 0 saturated carbocycles. The molecule has 2 N–H and O–H groups in total. The molecule has 0 saturated heterocycles. The lowest BCUT2D eigenvalue weighted by atomic mass is 10.1. The zero-order valence-corrected chi connectivity index (χ0v) is 13.8. The van der Waals surface area contributed by atoms with Gasteiger partial charge in [0.25, 0.3) is 11.1 Å². The molecule has 0 amide bonds. The molecule has 4 aromatic rings. The van der Waals surface area contributed by atoms with Crippen molar-refractivity contribution in [2.24, 2.45) is 0 Å². The van der Waals surface area contributed by atoms with E-state index in [9.17, 15) is 9.59 Å². The molecular formula is C16H11ClN4O2S. The fourth-order valence-corrected chi connectivity index (χ4v) is 3.42. The third kappa shape index (κ3) is 2.47. The minimum absolute atomic E-state index is 0.210. The maximum atomic E-state index is 12.6. The number of thiazole rings is 1. The molecule has 0 fully saturated rings. The molecule has 6 nitrogen and oxygen atoms in total. The van der Waals surface area contributed by atoms with Gasteiger partial charge in [-0.05, 0) is 17.7 Å². The number of H-pyrrole nitrogens is 2. The number of benzene rings is 1. The summed E-state index contributed by atoms with van der Waals surface area (Å²) in [6.45, 7) is 0.301. The molecule has 120 valence electrons. The molecule has 0 spiro atoms. The van der Waals surface area contributed by atoms with Gasteiger partial charge in [-0.1, -0.05) is 23.7 Å². The second-order valence-electron chi connectivity index (χ2n) is 5.22. The van der Waals surface area contributed by atoms with Gasteiger partial charge in [0.15, 0.2) is 0 Å². The van der Waals surface area contributed by atoms with Gasteiger partial charge in [0.1, 0.15) is 5.01 Å². The SMILES string of the molecule is O=c1[nH][nH]c2cc(=O)n(Cc3nccs3)c(-c3ccc(Cl)cc3)c12. The van der Waals surface area contributed by atoms with Crippen molar-refractivity contribution in [2.75, 3.05) is 0 Å². The number of aromatic amines is 2. The van der Waals surface area contributed by atoms with E-state index in [1.165, 1.54) is 17.4 Å². The van der Waals surface area contributed by atoms with Gasteiger partial charge in [-0.25, -0.2) is 4.98 Å². The Morgan fingerprint density at radius 3 is 2.67 bits per heavy atom. The van der Waals surface area contributed by atoms with Gasteiger partial charge in [-0.15, -0.1) is 11.3 Å². The van der Waals surface area contributed by atoms with Crippen molar-refractivity contribution in [2.45, 2.75) is 6.54 Å². The van der Waals surface area contributed by atoms with E-state index < -0.39 is 0 Å². The van der Waals surface area contributed by atoms with E-state index in [1.807, 2.05) is 5.38 Å². The van der Waals surface area contributed by atoms with Crippen molar-refractivity contribution >= 4 is 33.8 Å². The van der Waals surface area contributed by atoms with Crippen LogP contribution in [0.2, 0.25) is 5.02 Å². The Morgan fingerprint density at radius 1 is 1.17 bits per heavy atom. The summed E-state index contributed by atoms with van der Waals surface area (Å²) in [5.41, 5.74) is 1.28. The Balaban J connectivity index is 2.06. The number of aromatic nitrogens is 4. The monoisotopic (exact) mass is 358 g/mol. The molecule has 0 aliphatic heterocycles. The van der Waals surface area contributed by atoms with Crippen LogP contribution in [0.15, 0.2) is 51.5 Å². The first-order chi connectivity index (χ1) is 11.6. The van der Waals surface area contributed by atoms with E-state index in [0.29, 0.717) is 28.2 Å². The first kappa shape index (κ1) is 14.9. The van der Waals surface area contributed by atoms with Gasteiger partial charge in [0, 0.05) is 22.7 Å². The van der Waals surface area contributed by atoms with E-state index in [4.69, 9.17) is 11.6 Å². The summed E-state index contributed by atoms with van der Waals surface area (Å²) in [5.74, 6) is 0. The molecule has 3 heterocycles. The third-order valence-corrected chi connectivity index (χ3v) is 4.76. The number of hydrogen-bond donors (Lipinski definition) is 2. The average molecular weight is 359 g/mol. The topological polar surface area (TPSA) is 83.5 Å². The highest BCUT2D eigenvalue weighted by Crippen LogP contribution is 2.26. The highest BCUT2D eigenvalue weighted by atomic mass is 35.5. The zero-order chi connectivity index (χ0) is 16.7. The first-order valence-electron chi connectivity index (χ1n) is 7.12. The summed E-state index contributed by atoms with van der Waals surface area (Å²) in [6, 6.07) is 8.46. The van der Waals surface area contributed by atoms with Crippen LogP contribution < -0.4 is 11.1 Å². The number of fused-ring (bicyclic) bond motifs is 1. The molecule has 0 radical (unpaired) electrons. The minimum Gasteiger partial charge on any atom is -0.300 e. The summed E-state index contributed by atoms with van der Waals surface area (Å²) < 4.78 is 1.56. The lowest BCUT2D eigenvalue weighted by Gasteiger charge is -2.13. The van der Waals surface area contributed by atoms with Crippen molar-refractivity contribution in [3.8, 4) is 11.3 Å². The van der Waals surface area contributed by atoms with Crippen LogP contribution in [0.1, 0.15) is 5.01 Å². The maximum Gasteiger partial charge on any atom is 0.273 e. The van der Waals surface area contributed by atoms with Crippen molar-refractivity contribution in [1.29, 1.82) is 0 Å². The van der Waals surface area contributed by atoms with Gasteiger partial charge < -0.3 is 4.57 Å². The van der Waals surface area contributed by atoms with E-state index in [2.05, 4.69) is 15.2 Å². The summed E-state index contributed by atoms with van der Waals surface area (Å²) in [7, 11) is 0. The largest absolute Gasteiger partial charge is 0.300 e. The second kappa shape index (κ2) is 5.77. The van der Waals surface area contributed by atoms with Gasteiger partial charge in [0.05, 0.1) is 23.1 Å². The fourth-order valence-electron chi connectivity index (χ4n) is 2.69. The Bertz CT molecular complexity index is 1120. The molecule has 0 bridgehead atoms. The molecule has 0 aliphatic rings. The van der Waals surface area contributed by atoms with E-state index in [-0.39, 0.29) is 11.1 Å². The Kier molecular flexibility index (Phi) is 3.59. The van der Waals surface area contributed by atoms with Gasteiger partial charge in [0.2, 0.25) is 0 Å². The molecule has 4 rings (SSSR count). The predicted octanol–water partition coefficient (Wildman–Crippen LogP) is 2.84. The van der Waals surface area contributed by atoms with Crippen molar-refractivity contribution in [3.05, 3.63) is 72.6 Å². The predicted molar refractivity (Wildman–Crippen MR) is 94.8 cm³/mol. The number of hydrogen-bond acceptors (Lipinski definition) is 4. The Labute approximate surface area is 144 Å². The number of rotatable bonds is 3. The van der Waals surface area contributed by atoms with E-state index >= 15 is 0 Å². The molecule has 8 heteroatoms. The summed E-state index contributed by atoms with van der Waals surface area (Å²) in [6.07, 6.45) is 1.69. The quantitative estimate of drug-likeness (QED) is 0.590. The fraction of sp³-hybridized carbons (Fsp3) is 0.0625. The standard InChI is InChI=1S/C16H11ClN4O2S/c17-10-3-1-9(2-4-10)15-14-11(19-20-16(14)23)7-13(22)21(15)8-12-18-5-6-24-12/h1-7,19H,8H2,(H,20,23). The Morgan fingerprint density at radius 2 is 1.96 bits per heavy atom. The molecule has 0 atom stereocenters. The van der Waals surface area contributed by atoms with Gasteiger partial charge in [-0.3, -0.25) is 19.8 Å². The molecule has 0 unspecified atom stereocenters. The first-order valence-corrected chi connectivity index (χ1v) is 8.38. The molecule has 3 aromatic heterocycles. The lowest BCUT2D eigenvalue weighted by Crippen LogP contribution is -2.23. The second-order valence-corrected chi connectivity index (χ2v) is 6.63. The summed E-state index contributed by atoms with van der Waals surface area (Å²) >= 11 is 7.42. The summed E-state index contributed by atoms with van der Waals surface area (Å²) in [4.78, 5) is 29.1. The van der Waals surface area contributed by atoms with Gasteiger partial charge in [-0.2, -0.15) is 0 Å². The van der Waals surface area contributed by atoms with Crippen molar-refractivity contribution in [1.82, 2.24) is 19.7 Å². The minimum atomic E-state index is -0.275. The smallest absolute Gasteiger partial charge is 0.273 e. The molecule has 1 aromatic carbocycles. The number of nitrogens with one attached hydrogen (secondary N) is 2. The van der Waals surface area contributed by atoms with Gasteiger partial charge >= 0.3 is 0 Å². The highest BCUT2D eigenvalue weighted by Gasteiger charge is 2.17. The Hall–Kier alpha value is -2.64. The lowest BCUT2D eigenvalue weighted by molar-refractivity contribution is 0.768.